The second-order valence-electron chi connectivity index (χ2n) is 4.80. The van der Waals surface area contributed by atoms with Crippen molar-refractivity contribution in [2.24, 2.45) is 5.14 Å². The molecule has 0 aliphatic rings. The molecule has 1 heterocycles. The lowest BCUT2D eigenvalue weighted by atomic mass is 10.3. The molecule has 0 aliphatic carbocycles. The predicted octanol–water partition coefficient (Wildman–Crippen LogP) is 2.81. The third-order valence-electron chi connectivity index (χ3n) is 3.04. The number of hydrogen-bond acceptors (Lipinski definition) is 3. The van der Waals surface area contributed by atoms with Crippen LogP contribution in [0.25, 0.3) is 0 Å². The third-order valence-corrected chi connectivity index (χ3v) is 4.28. The molecule has 0 radical (unpaired) electrons. The predicted molar refractivity (Wildman–Crippen MR) is 84.9 cm³/mol. The van der Waals surface area contributed by atoms with Gasteiger partial charge in [-0.05, 0) is 36.2 Å². The van der Waals surface area contributed by atoms with Crippen LogP contribution in [-0.2, 0) is 23.1 Å². The number of hydrogen-bond donors (Lipinski definition) is 2. The second-order valence-corrected chi connectivity index (χ2v) is 6.77. The lowest BCUT2D eigenvalue weighted by Crippen LogP contribution is -2.12. The zero-order valence-corrected chi connectivity index (χ0v) is 13.3. The molecule has 2 rings (SSSR count). The van der Waals surface area contributed by atoms with Gasteiger partial charge < -0.3 is 9.88 Å². The first-order valence-corrected chi connectivity index (χ1v) is 8.53. The second kappa shape index (κ2) is 6.51. The summed E-state index contributed by atoms with van der Waals surface area (Å²) in [4.78, 5) is 0.0398. The molecule has 0 saturated carbocycles. The molecule has 0 bridgehead atoms. The van der Waals surface area contributed by atoms with Gasteiger partial charge in [-0.15, -0.1) is 0 Å². The van der Waals surface area contributed by atoms with Gasteiger partial charge in [0.2, 0.25) is 10.0 Å². The van der Waals surface area contributed by atoms with Gasteiger partial charge in [-0.25, -0.2) is 13.6 Å². The van der Waals surface area contributed by atoms with Gasteiger partial charge in [0.15, 0.2) is 0 Å². The highest BCUT2D eigenvalue weighted by atomic mass is 35.5. The molecular weight excluding hydrogens is 310 g/mol. The topological polar surface area (TPSA) is 77.1 Å². The molecule has 0 unspecified atom stereocenters. The maximum Gasteiger partial charge on any atom is 0.238 e. The van der Waals surface area contributed by atoms with Gasteiger partial charge in [0, 0.05) is 25.5 Å². The number of sulfonamides is 1. The van der Waals surface area contributed by atoms with Gasteiger partial charge in [0.25, 0.3) is 0 Å². The minimum Gasteiger partial charge on any atom is -0.380 e. The number of benzene rings is 1. The van der Waals surface area contributed by atoms with Crippen molar-refractivity contribution in [1.82, 2.24) is 4.57 Å². The molecule has 0 saturated heterocycles. The maximum atomic E-state index is 11.3. The fourth-order valence-corrected chi connectivity index (χ4v) is 2.73. The monoisotopic (exact) mass is 327 g/mol. The average Bonchev–Trinajstić information content (AvgIpc) is 2.84. The highest BCUT2D eigenvalue weighted by Gasteiger charge is 2.10. The summed E-state index contributed by atoms with van der Waals surface area (Å²) in [5.74, 6) is 0. The Hall–Kier alpha value is -1.50. The minimum absolute atomic E-state index is 0.0398. The number of rotatable bonds is 6. The Morgan fingerprint density at radius 1 is 1.33 bits per heavy atom. The van der Waals surface area contributed by atoms with Crippen LogP contribution in [0.4, 0.5) is 5.69 Å². The highest BCUT2D eigenvalue weighted by Crippen LogP contribution is 2.25. The molecule has 114 valence electrons. The van der Waals surface area contributed by atoms with E-state index in [1.165, 1.54) is 18.2 Å². The number of aromatic nitrogens is 1. The molecule has 1 aromatic heterocycles. The Morgan fingerprint density at radius 2 is 2.10 bits per heavy atom. The van der Waals surface area contributed by atoms with E-state index in [0.717, 1.165) is 18.5 Å². The molecule has 21 heavy (non-hydrogen) atoms. The fraction of sp³-hybridized carbons (Fsp3) is 0.286. The number of anilines is 1. The summed E-state index contributed by atoms with van der Waals surface area (Å²) < 4.78 is 24.8. The number of nitrogens with two attached hydrogens (primary N) is 1. The normalized spacial score (nSPS) is 11.6. The van der Waals surface area contributed by atoms with Gasteiger partial charge >= 0.3 is 0 Å². The molecule has 1 aromatic carbocycles. The largest absolute Gasteiger partial charge is 0.380 e. The molecule has 0 atom stereocenters. The van der Waals surface area contributed by atoms with Crippen molar-refractivity contribution in [1.29, 1.82) is 0 Å². The van der Waals surface area contributed by atoms with Crippen molar-refractivity contribution in [2.45, 2.75) is 31.3 Å². The van der Waals surface area contributed by atoms with Crippen LogP contribution in [0.1, 0.15) is 18.9 Å². The number of primary sulfonamides is 1. The number of nitrogens with zero attached hydrogens (tertiary/aromatic N) is 1. The molecule has 2 aromatic rings. The third kappa shape index (κ3) is 4.23. The Bertz CT molecular complexity index is 726. The Morgan fingerprint density at radius 3 is 2.76 bits per heavy atom. The first-order valence-electron chi connectivity index (χ1n) is 6.61. The summed E-state index contributed by atoms with van der Waals surface area (Å²) in [6, 6.07) is 6.37. The summed E-state index contributed by atoms with van der Waals surface area (Å²) in [6.45, 7) is 3.66. The maximum absolute atomic E-state index is 11.3. The standard InChI is InChI=1S/C14H18ClN3O2S/c1-2-6-18-7-5-11(10-18)9-17-14-8-12(21(16,19)20)3-4-13(14)15/h3-5,7-8,10,17H,2,6,9H2,1H3,(H2,16,19,20). The molecular formula is C14H18ClN3O2S. The molecule has 0 fully saturated rings. The Labute approximate surface area is 129 Å². The van der Waals surface area contributed by atoms with E-state index in [1.54, 1.807) is 0 Å². The van der Waals surface area contributed by atoms with E-state index in [2.05, 4.69) is 16.8 Å². The molecule has 0 spiro atoms. The van der Waals surface area contributed by atoms with Gasteiger partial charge in [-0.2, -0.15) is 0 Å². The minimum atomic E-state index is -3.73. The summed E-state index contributed by atoms with van der Waals surface area (Å²) in [6.07, 6.45) is 5.14. The van der Waals surface area contributed by atoms with Crippen molar-refractivity contribution < 1.29 is 8.42 Å². The van der Waals surface area contributed by atoms with Gasteiger partial charge in [-0.1, -0.05) is 18.5 Å². The molecule has 0 aliphatic heterocycles. The van der Waals surface area contributed by atoms with E-state index in [4.69, 9.17) is 16.7 Å². The molecule has 0 amide bonds. The fourth-order valence-electron chi connectivity index (χ4n) is 2.01. The quantitative estimate of drug-likeness (QED) is 0.856. The highest BCUT2D eigenvalue weighted by molar-refractivity contribution is 7.89. The van der Waals surface area contributed by atoms with Crippen LogP contribution in [0.15, 0.2) is 41.6 Å². The van der Waals surface area contributed by atoms with Crippen molar-refractivity contribution in [2.75, 3.05) is 5.32 Å². The summed E-state index contributed by atoms with van der Waals surface area (Å²) in [5, 5.41) is 8.70. The zero-order valence-electron chi connectivity index (χ0n) is 11.7. The van der Waals surface area contributed by atoms with E-state index in [0.29, 0.717) is 17.3 Å². The van der Waals surface area contributed by atoms with Crippen LogP contribution in [0.5, 0.6) is 0 Å². The molecule has 3 N–H and O–H groups in total. The van der Waals surface area contributed by atoms with Crippen molar-refractivity contribution in [3.63, 3.8) is 0 Å². The molecule has 5 nitrogen and oxygen atoms in total. The van der Waals surface area contributed by atoms with Crippen LogP contribution in [0.2, 0.25) is 5.02 Å². The number of halogens is 1. The Balaban J connectivity index is 2.12. The Kier molecular flexibility index (Phi) is 4.92. The van der Waals surface area contributed by atoms with E-state index in [-0.39, 0.29) is 4.90 Å². The van der Waals surface area contributed by atoms with E-state index < -0.39 is 10.0 Å². The van der Waals surface area contributed by atoms with Crippen LogP contribution < -0.4 is 10.5 Å². The van der Waals surface area contributed by atoms with E-state index in [9.17, 15) is 8.42 Å². The van der Waals surface area contributed by atoms with Crippen molar-refractivity contribution >= 4 is 27.3 Å². The average molecular weight is 328 g/mol. The van der Waals surface area contributed by atoms with Gasteiger partial charge in [0.1, 0.15) is 0 Å². The van der Waals surface area contributed by atoms with Crippen LogP contribution >= 0.6 is 11.6 Å². The SMILES string of the molecule is CCCn1ccc(CNc2cc(S(N)(=O)=O)ccc2Cl)c1. The first-order chi connectivity index (χ1) is 9.90. The summed E-state index contributed by atoms with van der Waals surface area (Å²) >= 11 is 6.06. The molecule has 7 heteroatoms. The van der Waals surface area contributed by atoms with Crippen LogP contribution in [0, 0.1) is 0 Å². The summed E-state index contributed by atoms with van der Waals surface area (Å²) in [5.41, 5.74) is 1.65. The smallest absolute Gasteiger partial charge is 0.238 e. The van der Waals surface area contributed by atoms with Crippen LogP contribution in [-0.4, -0.2) is 13.0 Å². The van der Waals surface area contributed by atoms with E-state index >= 15 is 0 Å². The summed E-state index contributed by atoms with van der Waals surface area (Å²) in [7, 11) is -3.73. The lowest BCUT2D eigenvalue weighted by molar-refractivity contribution is 0.598. The number of nitrogens with one attached hydrogen (secondary N) is 1. The van der Waals surface area contributed by atoms with Crippen molar-refractivity contribution in [3.05, 3.63) is 47.2 Å². The van der Waals surface area contributed by atoms with Crippen molar-refractivity contribution in [3.8, 4) is 0 Å². The van der Waals surface area contributed by atoms with Gasteiger partial charge in [0.05, 0.1) is 15.6 Å². The first kappa shape index (κ1) is 15.9. The van der Waals surface area contributed by atoms with E-state index in [1.807, 2.05) is 18.5 Å². The van der Waals surface area contributed by atoms with Crippen LogP contribution in [0.3, 0.4) is 0 Å². The number of aryl methyl sites for hydroxylation is 1. The van der Waals surface area contributed by atoms with Gasteiger partial charge in [-0.3, -0.25) is 0 Å². The lowest BCUT2D eigenvalue weighted by Gasteiger charge is -2.09. The zero-order chi connectivity index (χ0) is 15.5.